The smallest absolute Gasteiger partial charge is 0.262 e. The van der Waals surface area contributed by atoms with Gasteiger partial charge in [-0.25, -0.2) is 8.42 Å². The predicted molar refractivity (Wildman–Crippen MR) is 156 cm³/mol. The zero-order valence-corrected chi connectivity index (χ0v) is 23.5. The fraction of sp³-hybridized carbons (Fsp3) is 0.188. The number of anilines is 2. The Kier molecular flexibility index (Phi) is 7.74. The van der Waals surface area contributed by atoms with Gasteiger partial charge in [-0.3, -0.25) is 14.3 Å². The summed E-state index contributed by atoms with van der Waals surface area (Å²) < 4.78 is 28.8. The molecule has 0 bridgehead atoms. The summed E-state index contributed by atoms with van der Waals surface area (Å²) in [5.74, 6) is -0.640. The van der Waals surface area contributed by atoms with Gasteiger partial charge < -0.3 is 5.32 Å². The number of amides is 1. The second kappa shape index (κ2) is 10.9. The van der Waals surface area contributed by atoms with Crippen molar-refractivity contribution in [2.45, 2.75) is 44.9 Å². The third kappa shape index (κ3) is 6.62. The summed E-state index contributed by atoms with van der Waals surface area (Å²) in [6, 6.07) is 25.8. The van der Waals surface area contributed by atoms with Crippen molar-refractivity contribution in [2.75, 3.05) is 10.0 Å². The predicted octanol–water partition coefficient (Wildman–Crippen LogP) is 6.89. The number of benzene rings is 4. The lowest BCUT2D eigenvalue weighted by atomic mass is 9.86. The summed E-state index contributed by atoms with van der Waals surface area (Å²) in [5, 5.41) is 2.78. The number of hydrogen-bond acceptors (Lipinski definition) is 4. The minimum absolute atomic E-state index is 0.0132. The summed E-state index contributed by atoms with van der Waals surface area (Å²) in [6.07, 6.45) is 0. The molecule has 0 aromatic heterocycles. The van der Waals surface area contributed by atoms with Crippen LogP contribution in [0.3, 0.4) is 0 Å². The molecule has 200 valence electrons. The largest absolute Gasteiger partial charge is 0.322 e. The second-order valence-electron chi connectivity index (χ2n) is 10.6. The Hall–Kier alpha value is -4.23. The van der Waals surface area contributed by atoms with Gasteiger partial charge in [0.2, 0.25) is 0 Å². The van der Waals surface area contributed by atoms with Crippen molar-refractivity contribution in [3.63, 3.8) is 0 Å². The van der Waals surface area contributed by atoms with E-state index in [9.17, 15) is 18.0 Å². The molecule has 0 fully saturated rings. The van der Waals surface area contributed by atoms with Crippen LogP contribution in [0, 0.1) is 13.8 Å². The molecule has 1 amide bonds. The molecule has 4 aromatic carbocycles. The summed E-state index contributed by atoms with van der Waals surface area (Å²) in [4.78, 5) is 26.2. The van der Waals surface area contributed by atoms with Gasteiger partial charge in [0.1, 0.15) is 0 Å². The van der Waals surface area contributed by atoms with E-state index in [0.29, 0.717) is 28.1 Å². The van der Waals surface area contributed by atoms with E-state index in [2.05, 4.69) is 30.8 Å². The van der Waals surface area contributed by atoms with Crippen molar-refractivity contribution in [2.24, 2.45) is 0 Å². The van der Waals surface area contributed by atoms with E-state index in [1.165, 1.54) is 6.07 Å². The van der Waals surface area contributed by atoms with Gasteiger partial charge in [-0.05, 0) is 72.4 Å². The molecule has 0 saturated carbocycles. The van der Waals surface area contributed by atoms with E-state index in [1.807, 2.05) is 37.3 Å². The van der Waals surface area contributed by atoms with Gasteiger partial charge in [0.05, 0.1) is 4.90 Å². The van der Waals surface area contributed by atoms with Crippen LogP contribution in [0.5, 0.6) is 0 Å². The molecule has 6 nitrogen and oxygen atoms in total. The van der Waals surface area contributed by atoms with Crippen LogP contribution < -0.4 is 10.0 Å². The first-order valence-corrected chi connectivity index (χ1v) is 14.1. The molecule has 0 spiro atoms. The maximum atomic E-state index is 13.1. The normalized spacial score (nSPS) is 11.6. The fourth-order valence-corrected chi connectivity index (χ4v) is 5.50. The highest BCUT2D eigenvalue weighted by atomic mass is 32.2. The van der Waals surface area contributed by atoms with Gasteiger partial charge in [0.15, 0.2) is 5.78 Å². The minimum atomic E-state index is -3.93. The van der Waals surface area contributed by atoms with E-state index < -0.39 is 15.9 Å². The molecule has 4 rings (SSSR count). The van der Waals surface area contributed by atoms with Crippen molar-refractivity contribution in [1.82, 2.24) is 0 Å². The Labute approximate surface area is 230 Å². The first-order valence-electron chi connectivity index (χ1n) is 12.6. The van der Waals surface area contributed by atoms with Crippen LogP contribution in [0.25, 0.3) is 0 Å². The SMILES string of the molecule is Cc1cccc(NS(=O)(=O)c2cc(C(=O)Nc3cccc(C(=O)c4ccc(C(C)(C)C)cc4)c3)ccc2C)c1. The van der Waals surface area contributed by atoms with Crippen LogP contribution in [0.15, 0.2) is 95.9 Å². The number of hydrogen-bond donors (Lipinski definition) is 2. The minimum Gasteiger partial charge on any atom is -0.322 e. The van der Waals surface area contributed by atoms with Gasteiger partial charge >= 0.3 is 0 Å². The van der Waals surface area contributed by atoms with Crippen molar-refractivity contribution in [3.05, 3.63) is 124 Å². The molecule has 0 heterocycles. The molecule has 4 aromatic rings. The third-order valence-corrected chi connectivity index (χ3v) is 7.93. The summed E-state index contributed by atoms with van der Waals surface area (Å²) in [6.45, 7) is 9.89. The molecule has 39 heavy (non-hydrogen) atoms. The number of carbonyl (C=O) groups excluding carboxylic acids is 2. The highest BCUT2D eigenvalue weighted by Gasteiger charge is 2.20. The van der Waals surface area contributed by atoms with Crippen LogP contribution in [0.1, 0.15) is 63.7 Å². The average molecular weight is 541 g/mol. The van der Waals surface area contributed by atoms with E-state index in [-0.39, 0.29) is 21.7 Å². The maximum absolute atomic E-state index is 13.1. The number of aryl methyl sites for hydroxylation is 2. The number of sulfonamides is 1. The summed E-state index contributed by atoms with van der Waals surface area (Å²) in [7, 11) is -3.93. The molecule has 0 atom stereocenters. The molecule has 0 aliphatic carbocycles. The van der Waals surface area contributed by atoms with Gasteiger partial charge in [0, 0.05) is 28.1 Å². The van der Waals surface area contributed by atoms with Gasteiger partial charge in [-0.15, -0.1) is 0 Å². The Bertz CT molecular complexity index is 1650. The first kappa shape index (κ1) is 27.8. The van der Waals surface area contributed by atoms with Crippen LogP contribution in [-0.4, -0.2) is 20.1 Å². The zero-order valence-electron chi connectivity index (χ0n) is 22.7. The zero-order chi connectivity index (χ0) is 28.4. The Morgan fingerprint density at radius 3 is 2.00 bits per heavy atom. The highest BCUT2D eigenvalue weighted by molar-refractivity contribution is 7.92. The lowest BCUT2D eigenvalue weighted by molar-refractivity contribution is 0.102. The fourth-order valence-electron chi connectivity index (χ4n) is 4.18. The van der Waals surface area contributed by atoms with Gasteiger partial charge in [-0.1, -0.05) is 75.4 Å². The van der Waals surface area contributed by atoms with Crippen LogP contribution in [0.2, 0.25) is 0 Å². The molecule has 0 aliphatic rings. The number of rotatable bonds is 7. The topological polar surface area (TPSA) is 92.3 Å². The van der Waals surface area contributed by atoms with Crippen LogP contribution >= 0.6 is 0 Å². The Balaban J connectivity index is 1.53. The summed E-state index contributed by atoms with van der Waals surface area (Å²) in [5.41, 5.74) is 4.59. The van der Waals surface area contributed by atoms with E-state index in [1.54, 1.807) is 61.5 Å². The van der Waals surface area contributed by atoms with E-state index >= 15 is 0 Å². The van der Waals surface area contributed by atoms with Crippen molar-refractivity contribution >= 4 is 33.1 Å². The monoisotopic (exact) mass is 540 g/mol. The maximum Gasteiger partial charge on any atom is 0.262 e. The second-order valence-corrected chi connectivity index (χ2v) is 12.3. The van der Waals surface area contributed by atoms with Crippen molar-refractivity contribution in [3.8, 4) is 0 Å². The van der Waals surface area contributed by atoms with Crippen molar-refractivity contribution in [1.29, 1.82) is 0 Å². The molecule has 7 heteroatoms. The number of nitrogens with one attached hydrogen (secondary N) is 2. The van der Waals surface area contributed by atoms with E-state index in [4.69, 9.17) is 0 Å². The molecule has 0 saturated heterocycles. The Morgan fingerprint density at radius 2 is 1.33 bits per heavy atom. The van der Waals surface area contributed by atoms with Gasteiger partial charge in [-0.2, -0.15) is 0 Å². The average Bonchev–Trinajstić information content (AvgIpc) is 2.88. The third-order valence-electron chi connectivity index (χ3n) is 6.41. The molecule has 2 N–H and O–H groups in total. The van der Waals surface area contributed by atoms with Gasteiger partial charge in [0.25, 0.3) is 15.9 Å². The molecule has 0 radical (unpaired) electrons. The Morgan fingerprint density at radius 1 is 0.692 bits per heavy atom. The highest BCUT2D eigenvalue weighted by Crippen LogP contribution is 2.25. The van der Waals surface area contributed by atoms with Crippen LogP contribution in [0.4, 0.5) is 11.4 Å². The quantitative estimate of drug-likeness (QED) is 0.250. The lowest BCUT2D eigenvalue weighted by Gasteiger charge is -2.19. The number of carbonyl (C=O) groups is 2. The lowest BCUT2D eigenvalue weighted by Crippen LogP contribution is -2.17. The first-order chi connectivity index (χ1) is 18.3. The number of ketones is 1. The standard InChI is InChI=1S/C32H32N2O4S/c1-21-8-6-11-28(18-21)34-39(37,38)29-20-25(13-12-22(29)2)31(36)33-27-10-7-9-24(19-27)30(35)23-14-16-26(17-15-23)32(3,4)5/h6-20,34H,1-5H3,(H,33,36). The molecular weight excluding hydrogens is 508 g/mol. The molecule has 0 unspecified atom stereocenters. The van der Waals surface area contributed by atoms with E-state index in [0.717, 1.165) is 11.1 Å². The molecular formula is C32H32N2O4S. The molecule has 0 aliphatic heterocycles. The summed E-state index contributed by atoms with van der Waals surface area (Å²) >= 11 is 0. The van der Waals surface area contributed by atoms with Crippen LogP contribution in [-0.2, 0) is 15.4 Å². The van der Waals surface area contributed by atoms with Crippen molar-refractivity contribution < 1.29 is 18.0 Å².